The van der Waals surface area contributed by atoms with Crippen LogP contribution < -0.4 is 10.6 Å². The van der Waals surface area contributed by atoms with Gasteiger partial charge in [-0.15, -0.1) is 0 Å². The smallest absolute Gasteiger partial charge is 0.230 e. The molecule has 0 radical (unpaired) electrons. The molecule has 3 aromatic rings. The van der Waals surface area contributed by atoms with Crippen molar-refractivity contribution in [2.75, 3.05) is 0 Å². The minimum absolute atomic E-state index is 0.309. The van der Waals surface area contributed by atoms with E-state index in [0.29, 0.717) is 33.9 Å². The molecule has 0 saturated carbocycles. The van der Waals surface area contributed by atoms with E-state index in [2.05, 4.69) is 27.7 Å². The Bertz CT molecular complexity index is 962. The predicted molar refractivity (Wildman–Crippen MR) is 128 cm³/mol. The molecule has 30 heavy (non-hydrogen) atoms. The van der Waals surface area contributed by atoms with E-state index in [1.165, 1.54) is 5.56 Å². The molecule has 0 heterocycles. The van der Waals surface area contributed by atoms with E-state index in [4.69, 9.17) is 0 Å². The molecule has 3 heteroatoms. The number of hydrogen-bond acceptors (Lipinski definition) is 2. The van der Waals surface area contributed by atoms with Gasteiger partial charge in [0, 0.05) is 16.2 Å². The Balaban J connectivity index is 2.01. The fourth-order valence-corrected chi connectivity index (χ4v) is 6.48. The molecule has 0 aliphatic rings. The van der Waals surface area contributed by atoms with Crippen molar-refractivity contribution in [2.24, 2.45) is 11.8 Å². The van der Waals surface area contributed by atoms with Crippen LogP contribution in [0.4, 0.5) is 0 Å². The van der Waals surface area contributed by atoms with Gasteiger partial charge in [-0.05, 0) is 29.7 Å². The van der Waals surface area contributed by atoms with E-state index in [9.17, 15) is 9.36 Å². The Kier molecular flexibility index (Phi) is 7.10. The first-order chi connectivity index (χ1) is 14.3. The van der Waals surface area contributed by atoms with E-state index in [-0.39, 0.29) is 5.52 Å². The fourth-order valence-electron chi connectivity index (χ4n) is 4.02. The van der Waals surface area contributed by atoms with Crippen LogP contribution in [0, 0.1) is 11.8 Å². The van der Waals surface area contributed by atoms with Crippen LogP contribution in [-0.4, -0.2) is 5.52 Å². The van der Waals surface area contributed by atoms with Gasteiger partial charge in [-0.3, -0.25) is 4.79 Å². The van der Waals surface area contributed by atoms with Gasteiger partial charge in [0.25, 0.3) is 0 Å². The van der Waals surface area contributed by atoms with Crippen molar-refractivity contribution in [3.05, 3.63) is 96.1 Å². The SMILES string of the molecule is CC(C)CC(c1ccc(C(=O)P(=O)(c2ccccc2)c2ccccc2)cc1)C(C)C. The Morgan fingerprint density at radius 3 is 1.60 bits per heavy atom. The van der Waals surface area contributed by atoms with E-state index < -0.39 is 7.14 Å². The van der Waals surface area contributed by atoms with Gasteiger partial charge < -0.3 is 4.57 Å². The first-order valence-corrected chi connectivity index (χ1v) is 12.4. The highest BCUT2D eigenvalue weighted by molar-refractivity contribution is 7.93. The van der Waals surface area contributed by atoms with E-state index >= 15 is 0 Å². The molecule has 0 saturated heterocycles. The second-order valence-electron chi connectivity index (χ2n) is 8.69. The standard InChI is InChI=1S/C27H31O2P/c1-20(2)19-26(21(3)4)22-15-17-23(18-16-22)27(28)30(29,24-11-7-5-8-12-24)25-13-9-6-10-14-25/h5-18,20-21,26H,19H2,1-4H3. The van der Waals surface area contributed by atoms with Crippen LogP contribution in [0.1, 0.15) is 56.0 Å². The zero-order valence-corrected chi connectivity index (χ0v) is 19.2. The molecule has 0 spiro atoms. The van der Waals surface area contributed by atoms with E-state index in [1.807, 2.05) is 60.7 Å². The van der Waals surface area contributed by atoms with Crippen LogP contribution in [0.15, 0.2) is 84.9 Å². The van der Waals surface area contributed by atoms with Gasteiger partial charge in [0.2, 0.25) is 12.7 Å². The Labute approximate surface area is 180 Å². The minimum atomic E-state index is -3.46. The maximum atomic E-state index is 14.2. The topological polar surface area (TPSA) is 34.1 Å². The van der Waals surface area contributed by atoms with Gasteiger partial charge in [0.15, 0.2) is 0 Å². The Morgan fingerprint density at radius 2 is 1.20 bits per heavy atom. The molecule has 2 nitrogen and oxygen atoms in total. The summed E-state index contributed by atoms with van der Waals surface area (Å²) in [6.07, 6.45) is 1.11. The molecule has 0 amide bonds. The summed E-state index contributed by atoms with van der Waals surface area (Å²) in [6, 6.07) is 26.0. The second kappa shape index (κ2) is 9.58. The third-order valence-corrected chi connectivity index (χ3v) is 8.52. The monoisotopic (exact) mass is 418 g/mol. The molecule has 0 N–H and O–H groups in total. The first-order valence-electron chi connectivity index (χ1n) is 10.7. The number of benzene rings is 3. The van der Waals surface area contributed by atoms with Crippen LogP contribution in [0.3, 0.4) is 0 Å². The number of hydrogen-bond donors (Lipinski definition) is 0. The fraction of sp³-hybridized carbons (Fsp3) is 0.296. The molecule has 0 aliphatic heterocycles. The van der Waals surface area contributed by atoms with Crippen molar-refractivity contribution in [2.45, 2.75) is 40.0 Å². The van der Waals surface area contributed by atoms with Crippen molar-refractivity contribution < 1.29 is 9.36 Å². The summed E-state index contributed by atoms with van der Waals surface area (Å²) in [5.74, 6) is 1.58. The molecular formula is C27H31O2P. The lowest BCUT2D eigenvalue weighted by Gasteiger charge is -2.24. The summed E-state index contributed by atoms with van der Waals surface area (Å²) in [4.78, 5) is 13.6. The highest BCUT2D eigenvalue weighted by Crippen LogP contribution is 2.47. The third kappa shape index (κ3) is 4.65. The van der Waals surface area contributed by atoms with E-state index in [1.54, 1.807) is 24.3 Å². The molecule has 0 fully saturated rings. The summed E-state index contributed by atoms with van der Waals surface area (Å²) in [5.41, 5.74) is 1.43. The van der Waals surface area contributed by atoms with Gasteiger partial charge in [-0.2, -0.15) is 0 Å². The molecule has 0 aromatic heterocycles. The van der Waals surface area contributed by atoms with Crippen LogP contribution in [0.5, 0.6) is 0 Å². The summed E-state index contributed by atoms with van der Waals surface area (Å²) in [6.45, 7) is 8.96. The molecule has 0 bridgehead atoms. The summed E-state index contributed by atoms with van der Waals surface area (Å²) < 4.78 is 14.2. The minimum Gasteiger partial charge on any atom is -0.305 e. The number of carbonyl (C=O) groups excluding carboxylic acids is 1. The zero-order valence-electron chi connectivity index (χ0n) is 18.3. The van der Waals surface area contributed by atoms with E-state index in [0.717, 1.165) is 6.42 Å². The maximum absolute atomic E-state index is 14.2. The lowest BCUT2D eigenvalue weighted by atomic mass is 9.82. The molecule has 1 unspecified atom stereocenters. The van der Waals surface area contributed by atoms with Gasteiger partial charge in [0.1, 0.15) is 0 Å². The largest absolute Gasteiger partial charge is 0.305 e. The number of carbonyl (C=O) groups is 1. The third-order valence-electron chi connectivity index (χ3n) is 5.64. The van der Waals surface area contributed by atoms with Crippen molar-refractivity contribution in [1.29, 1.82) is 0 Å². The maximum Gasteiger partial charge on any atom is 0.230 e. The molecule has 1 atom stereocenters. The molecular weight excluding hydrogens is 387 g/mol. The molecule has 3 aromatic carbocycles. The molecule has 3 rings (SSSR count). The second-order valence-corrected chi connectivity index (χ2v) is 11.3. The lowest BCUT2D eigenvalue weighted by Crippen LogP contribution is -2.22. The molecule has 0 aliphatic carbocycles. The Hall–Kier alpha value is -2.44. The summed E-state index contributed by atoms with van der Waals surface area (Å²) in [7, 11) is -3.46. The highest BCUT2D eigenvalue weighted by atomic mass is 31.2. The predicted octanol–water partition coefficient (Wildman–Crippen LogP) is 6.63. The van der Waals surface area contributed by atoms with Crippen LogP contribution in [0.25, 0.3) is 0 Å². The normalized spacial score (nSPS) is 12.9. The van der Waals surface area contributed by atoms with Crippen molar-refractivity contribution in [3.63, 3.8) is 0 Å². The average Bonchev–Trinajstić information content (AvgIpc) is 2.77. The van der Waals surface area contributed by atoms with Crippen LogP contribution in [0.2, 0.25) is 0 Å². The summed E-state index contributed by atoms with van der Waals surface area (Å²) >= 11 is 0. The summed E-state index contributed by atoms with van der Waals surface area (Å²) in [5, 5.41) is 1.15. The highest BCUT2D eigenvalue weighted by Gasteiger charge is 2.36. The van der Waals surface area contributed by atoms with Gasteiger partial charge in [-0.25, -0.2) is 0 Å². The van der Waals surface area contributed by atoms with Gasteiger partial charge in [0.05, 0.1) is 0 Å². The van der Waals surface area contributed by atoms with Crippen molar-refractivity contribution >= 4 is 23.3 Å². The average molecular weight is 419 g/mol. The molecule has 156 valence electrons. The van der Waals surface area contributed by atoms with Crippen LogP contribution >= 0.6 is 7.14 Å². The number of rotatable bonds is 8. The zero-order chi connectivity index (χ0) is 21.7. The lowest BCUT2D eigenvalue weighted by molar-refractivity contribution is 0.107. The van der Waals surface area contributed by atoms with Gasteiger partial charge >= 0.3 is 0 Å². The van der Waals surface area contributed by atoms with Crippen LogP contribution in [-0.2, 0) is 4.57 Å². The first kappa shape index (κ1) is 22.2. The van der Waals surface area contributed by atoms with Crippen molar-refractivity contribution in [1.82, 2.24) is 0 Å². The van der Waals surface area contributed by atoms with Gasteiger partial charge in [-0.1, -0.05) is 113 Å². The van der Waals surface area contributed by atoms with Crippen molar-refractivity contribution in [3.8, 4) is 0 Å². The Morgan fingerprint density at radius 1 is 0.733 bits per heavy atom. The quantitative estimate of drug-likeness (QED) is 0.385.